The standard InChI is InChI=1S/2C31H34FN3O4.Ca/c2*1-21-6-5-7-25(33-21)20-39-29-17-28(31(2,3)4)34-35(29)18-22-8-10-23(11-9-22)19-38-26-14-12-24(27(32)16-26)13-15-30(36)37;/h2*5-12,14,16-17H,13,15,18-20H2,1-4H3,(H,36,37);/q;;+2/p-2. The van der Waals surface area contributed by atoms with E-state index in [4.69, 9.17) is 29.1 Å². The van der Waals surface area contributed by atoms with Crippen molar-refractivity contribution in [1.29, 1.82) is 0 Å². The largest absolute Gasteiger partial charge is 2.00 e. The molecule has 0 saturated carbocycles. The number of ether oxygens (including phenoxy) is 4. The van der Waals surface area contributed by atoms with Crippen molar-refractivity contribution in [1.82, 2.24) is 29.5 Å². The van der Waals surface area contributed by atoms with Crippen molar-refractivity contribution in [3.8, 4) is 23.3 Å². The van der Waals surface area contributed by atoms with Gasteiger partial charge in [-0.15, -0.1) is 0 Å². The molecule has 0 atom stereocenters. The van der Waals surface area contributed by atoms with Gasteiger partial charge < -0.3 is 38.7 Å². The third kappa shape index (κ3) is 19.0. The van der Waals surface area contributed by atoms with Crippen LogP contribution in [0.3, 0.4) is 0 Å². The number of carbonyl (C=O) groups is 2. The van der Waals surface area contributed by atoms with Crippen molar-refractivity contribution in [3.63, 3.8) is 0 Å². The zero-order chi connectivity index (χ0) is 56.0. The summed E-state index contributed by atoms with van der Waals surface area (Å²) < 4.78 is 56.0. The number of rotatable bonds is 22. The molecule has 0 fully saturated rings. The van der Waals surface area contributed by atoms with Crippen LogP contribution in [0.5, 0.6) is 23.3 Å². The van der Waals surface area contributed by atoms with E-state index in [9.17, 15) is 28.6 Å². The van der Waals surface area contributed by atoms with Crippen LogP contribution in [-0.2, 0) is 72.8 Å². The summed E-state index contributed by atoms with van der Waals surface area (Å²) in [5.74, 6) is -1.27. The maximum absolute atomic E-state index is 14.2. The molecule has 8 rings (SSSR count). The summed E-state index contributed by atoms with van der Waals surface area (Å²) in [6.07, 6.45) is -0.286. The minimum Gasteiger partial charge on any atom is -0.550 e. The SMILES string of the molecule is Cc1cccc(COc2cc(C(C)(C)C)nn2Cc2ccc(COc3ccc(CCC(=O)[O-])c(F)c3)cc2)n1.Cc1cccc(COc2cc(C(C)(C)C)nn2Cc2ccc(COc3ccc(CCC(=O)[O-])c(F)c3)cc2)n1.[Ca+2]. The Kier molecular flexibility index (Phi) is 21.8. The Morgan fingerprint density at radius 3 is 1.19 bits per heavy atom. The number of aromatic nitrogens is 6. The van der Waals surface area contributed by atoms with Crippen LogP contribution in [0.25, 0.3) is 0 Å². The van der Waals surface area contributed by atoms with E-state index in [0.29, 0.717) is 60.7 Å². The van der Waals surface area contributed by atoms with Crippen LogP contribution in [-0.4, -0.2) is 79.2 Å². The van der Waals surface area contributed by atoms with Crippen molar-refractivity contribution in [2.75, 3.05) is 0 Å². The normalized spacial score (nSPS) is 11.3. The summed E-state index contributed by atoms with van der Waals surface area (Å²) in [7, 11) is 0. The zero-order valence-corrected chi connectivity index (χ0v) is 48.4. The molecule has 4 aromatic heterocycles. The van der Waals surface area contributed by atoms with Gasteiger partial charge in [-0.2, -0.15) is 10.2 Å². The Labute approximate surface area is 490 Å². The third-order valence-corrected chi connectivity index (χ3v) is 12.4. The molecule has 0 aliphatic rings. The van der Waals surface area contributed by atoms with Crippen molar-refractivity contribution in [3.05, 3.63) is 213 Å². The second kappa shape index (κ2) is 28.1. The average molecular weight is 1100 g/mol. The first-order chi connectivity index (χ1) is 37.1. The van der Waals surface area contributed by atoms with Crippen LogP contribution < -0.4 is 29.2 Å². The molecule has 17 heteroatoms. The summed E-state index contributed by atoms with van der Waals surface area (Å²) in [5.41, 5.74) is 9.83. The van der Waals surface area contributed by atoms with E-state index in [1.165, 1.54) is 12.1 Å². The van der Waals surface area contributed by atoms with Gasteiger partial charge in [-0.1, -0.05) is 114 Å². The average Bonchev–Trinajstić information content (AvgIpc) is 4.10. The van der Waals surface area contributed by atoms with E-state index in [2.05, 4.69) is 51.5 Å². The molecular weight excluding hydrogens is 1030 g/mol. The van der Waals surface area contributed by atoms with E-state index in [-0.39, 0.29) is 87.5 Å². The van der Waals surface area contributed by atoms with Gasteiger partial charge in [0.15, 0.2) is 0 Å². The predicted molar refractivity (Wildman–Crippen MR) is 293 cm³/mol. The Balaban J connectivity index is 0.000000252. The zero-order valence-electron chi connectivity index (χ0n) is 46.2. The number of carboxylic acid groups (broad SMARTS) is 2. The third-order valence-electron chi connectivity index (χ3n) is 12.4. The first-order valence-electron chi connectivity index (χ1n) is 25.8. The summed E-state index contributed by atoms with van der Waals surface area (Å²) in [4.78, 5) is 30.3. The summed E-state index contributed by atoms with van der Waals surface area (Å²) in [6.45, 7) is 18.9. The van der Waals surface area contributed by atoms with Crippen LogP contribution in [0.2, 0.25) is 0 Å². The van der Waals surface area contributed by atoms with Gasteiger partial charge in [0.2, 0.25) is 11.8 Å². The molecule has 0 aliphatic heterocycles. The van der Waals surface area contributed by atoms with Crippen LogP contribution in [0, 0.1) is 25.5 Å². The number of carboxylic acids is 2. The predicted octanol–water partition coefficient (Wildman–Crippen LogP) is 9.44. The molecule has 0 aliphatic carbocycles. The molecule has 14 nitrogen and oxygen atoms in total. The fourth-order valence-corrected chi connectivity index (χ4v) is 7.92. The second-order valence-electron chi connectivity index (χ2n) is 21.1. The monoisotopic (exact) mass is 1100 g/mol. The fraction of sp³-hybridized carbons (Fsp3) is 0.323. The molecule has 0 spiro atoms. The van der Waals surface area contributed by atoms with Crippen molar-refractivity contribution in [2.24, 2.45) is 0 Å². The molecule has 408 valence electrons. The van der Waals surface area contributed by atoms with E-state index >= 15 is 0 Å². The van der Waals surface area contributed by atoms with Gasteiger partial charge in [0, 0.05) is 58.4 Å². The summed E-state index contributed by atoms with van der Waals surface area (Å²) >= 11 is 0. The van der Waals surface area contributed by atoms with Gasteiger partial charge in [-0.05, 0) is 109 Å². The number of nitrogens with zero attached hydrogens (tertiary/aromatic N) is 6. The van der Waals surface area contributed by atoms with Gasteiger partial charge in [-0.3, -0.25) is 9.97 Å². The maximum atomic E-state index is 14.2. The molecule has 0 unspecified atom stereocenters. The first-order valence-corrected chi connectivity index (χ1v) is 25.8. The van der Waals surface area contributed by atoms with Crippen molar-refractivity contribution in [2.45, 2.75) is 131 Å². The first kappa shape index (κ1) is 61.1. The molecular formula is C62H66CaF2N6O8. The number of pyridine rings is 2. The number of halogens is 2. The topological polar surface area (TPSA) is 179 Å². The summed E-state index contributed by atoms with van der Waals surface area (Å²) in [6, 6.07) is 40.5. The molecule has 4 heterocycles. The molecule has 0 N–H and O–H groups in total. The van der Waals surface area contributed by atoms with Crippen molar-refractivity contribution >= 4 is 49.7 Å². The van der Waals surface area contributed by atoms with Crippen molar-refractivity contribution < 1.29 is 47.5 Å². The van der Waals surface area contributed by atoms with Gasteiger partial charge in [-0.25, -0.2) is 18.1 Å². The molecule has 0 amide bonds. The van der Waals surface area contributed by atoms with Gasteiger partial charge >= 0.3 is 37.7 Å². The maximum Gasteiger partial charge on any atom is 2.00 e. The smallest absolute Gasteiger partial charge is 0.550 e. The number of aryl methyl sites for hydroxylation is 4. The van der Waals surface area contributed by atoms with E-state index in [1.54, 1.807) is 24.3 Å². The molecule has 8 aromatic rings. The van der Waals surface area contributed by atoms with Crippen LogP contribution >= 0.6 is 0 Å². The molecule has 0 saturated heterocycles. The van der Waals surface area contributed by atoms with Crippen LogP contribution in [0.1, 0.15) is 122 Å². The van der Waals surface area contributed by atoms with Gasteiger partial charge in [0.25, 0.3) is 0 Å². The number of aliphatic carboxylic acids is 2. The number of hydrogen-bond acceptors (Lipinski definition) is 12. The van der Waals surface area contributed by atoms with Crippen LogP contribution in [0.4, 0.5) is 8.78 Å². The quantitative estimate of drug-likeness (QED) is 0.0588. The minimum absolute atomic E-state index is 0. The van der Waals surface area contributed by atoms with E-state index in [0.717, 1.165) is 56.4 Å². The Hall–Kier alpha value is -7.14. The van der Waals surface area contributed by atoms with Crippen LogP contribution in [0.15, 0.2) is 133 Å². The number of carbonyl (C=O) groups excluding carboxylic acids is 2. The fourth-order valence-electron chi connectivity index (χ4n) is 7.92. The number of benzene rings is 4. The molecule has 79 heavy (non-hydrogen) atoms. The van der Waals surface area contributed by atoms with E-state index in [1.807, 2.05) is 120 Å². The Morgan fingerprint density at radius 2 is 0.861 bits per heavy atom. The van der Waals surface area contributed by atoms with E-state index < -0.39 is 23.6 Å². The Bertz CT molecular complexity index is 3080. The minimum atomic E-state index is -1.20. The Morgan fingerprint density at radius 1 is 0.494 bits per heavy atom. The molecule has 4 aromatic carbocycles. The molecule has 0 radical (unpaired) electrons. The van der Waals surface area contributed by atoms with Gasteiger partial charge in [0.05, 0.1) is 35.9 Å². The van der Waals surface area contributed by atoms with Gasteiger partial charge in [0.1, 0.15) is 49.6 Å². The molecule has 0 bridgehead atoms. The summed E-state index contributed by atoms with van der Waals surface area (Å²) in [5, 5.41) is 30.9. The number of hydrogen-bond donors (Lipinski definition) is 0. The second-order valence-corrected chi connectivity index (χ2v) is 21.1.